The predicted octanol–water partition coefficient (Wildman–Crippen LogP) is 3.53. The van der Waals surface area contributed by atoms with Crippen molar-refractivity contribution in [3.63, 3.8) is 0 Å². The summed E-state index contributed by atoms with van der Waals surface area (Å²) in [5.74, 6) is 0. The van der Waals surface area contributed by atoms with Gasteiger partial charge >= 0.3 is 6.18 Å². The molecule has 10 heteroatoms. The fraction of sp³-hybridized carbons (Fsp3) is 0.200. The van der Waals surface area contributed by atoms with Crippen molar-refractivity contribution in [2.24, 2.45) is 0 Å². The number of nitriles is 1. The van der Waals surface area contributed by atoms with E-state index >= 15 is 0 Å². The van der Waals surface area contributed by atoms with Gasteiger partial charge in [0.15, 0.2) is 0 Å². The topological polar surface area (TPSA) is 74.1 Å². The molecule has 25 heavy (non-hydrogen) atoms. The van der Waals surface area contributed by atoms with Crippen molar-refractivity contribution in [1.29, 1.82) is 5.26 Å². The number of pyridine rings is 1. The molecule has 0 N–H and O–H groups in total. The molecular formula is C15H11ClF3N3O2S. The Kier molecular flexibility index (Phi) is 4.23. The second-order valence-corrected chi connectivity index (χ2v) is 7.07. The zero-order chi connectivity index (χ0) is 21.3. The van der Waals surface area contributed by atoms with Gasteiger partial charge in [-0.05, 0) is 23.8 Å². The summed E-state index contributed by atoms with van der Waals surface area (Å²) in [4.78, 5) is 2.63. The fourth-order valence-electron chi connectivity index (χ4n) is 1.98. The second kappa shape index (κ2) is 7.00. The third-order valence-electron chi connectivity index (χ3n) is 3.13. The van der Waals surface area contributed by atoms with Crippen LogP contribution in [-0.4, -0.2) is 30.9 Å². The van der Waals surface area contributed by atoms with E-state index in [4.69, 9.17) is 21.0 Å². The van der Waals surface area contributed by atoms with Crippen molar-refractivity contribution in [1.82, 2.24) is 9.29 Å². The predicted molar refractivity (Wildman–Crippen MR) is 84.1 cm³/mol. The van der Waals surface area contributed by atoms with E-state index in [9.17, 15) is 21.6 Å². The summed E-state index contributed by atoms with van der Waals surface area (Å²) < 4.78 is 89.0. The van der Waals surface area contributed by atoms with Crippen LogP contribution in [0.4, 0.5) is 13.2 Å². The van der Waals surface area contributed by atoms with Crippen LogP contribution in [-0.2, 0) is 10.0 Å². The van der Waals surface area contributed by atoms with E-state index in [-0.39, 0.29) is 10.6 Å². The molecule has 1 heterocycles. The molecule has 0 aliphatic heterocycles. The molecule has 0 fully saturated rings. The SMILES string of the molecule is [2H]C([2H])([2H])N([C@H](c1ccc(Cl)cc1)C(F)(F)F)S(=O)(=O)c1cncc(C#N)c1. The summed E-state index contributed by atoms with van der Waals surface area (Å²) in [6.45, 7) is -3.69. The Balaban J connectivity index is 2.75. The van der Waals surface area contributed by atoms with E-state index in [1.54, 1.807) is 6.07 Å². The van der Waals surface area contributed by atoms with E-state index in [2.05, 4.69) is 4.98 Å². The van der Waals surface area contributed by atoms with Crippen LogP contribution in [0, 0.1) is 11.3 Å². The number of nitrogens with zero attached hydrogens (tertiary/aromatic N) is 3. The molecule has 5 nitrogen and oxygen atoms in total. The summed E-state index contributed by atoms with van der Waals surface area (Å²) in [6, 6.07) is 3.26. The quantitative estimate of drug-likeness (QED) is 0.797. The van der Waals surface area contributed by atoms with Gasteiger partial charge in [-0.1, -0.05) is 23.7 Å². The number of halogens is 4. The molecule has 0 saturated heterocycles. The monoisotopic (exact) mass is 392 g/mol. The Bertz CT molecular complexity index is 1010. The van der Waals surface area contributed by atoms with Gasteiger partial charge in [0.1, 0.15) is 17.0 Å². The van der Waals surface area contributed by atoms with E-state index in [0.717, 1.165) is 36.5 Å². The summed E-state index contributed by atoms with van der Waals surface area (Å²) >= 11 is 5.66. The number of sulfonamides is 1. The van der Waals surface area contributed by atoms with Crippen molar-refractivity contribution in [2.75, 3.05) is 6.98 Å². The van der Waals surface area contributed by atoms with Crippen LogP contribution in [0.2, 0.25) is 5.02 Å². The summed E-state index contributed by atoms with van der Waals surface area (Å²) in [7, 11) is -5.23. The van der Waals surface area contributed by atoms with E-state index < -0.39 is 44.0 Å². The molecular weight excluding hydrogens is 379 g/mol. The maximum Gasteiger partial charge on any atom is 0.409 e. The highest BCUT2D eigenvalue weighted by atomic mass is 35.5. The van der Waals surface area contributed by atoms with Crippen molar-refractivity contribution < 1.29 is 25.7 Å². The van der Waals surface area contributed by atoms with Gasteiger partial charge in [-0.2, -0.15) is 22.7 Å². The maximum absolute atomic E-state index is 13.8. The molecule has 1 aromatic heterocycles. The highest BCUT2D eigenvalue weighted by Crippen LogP contribution is 2.39. The molecule has 0 amide bonds. The molecule has 0 unspecified atom stereocenters. The van der Waals surface area contributed by atoms with E-state index in [0.29, 0.717) is 6.20 Å². The minimum Gasteiger partial charge on any atom is -0.262 e. The standard InChI is InChI=1S/C15H11ClF3N3O2S/c1-22(25(23,24)13-6-10(7-20)8-21-9-13)14(15(17,18)19)11-2-4-12(16)5-3-11/h2-6,8-9,14H,1H3/t14-/m1/s1/i1D3. The summed E-state index contributed by atoms with van der Waals surface area (Å²) in [5.41, 5.74) is -0.900. The maximum atomic E-state index is 13.8. The number of hydrogen-bond acceptors (Lipinski definition) is 4. The number of benzene rings is 1. The molecule has 0 spiro atoms. The first-order chi connectivity index (χ1) is 12.8. The van der Waals surface area contributed by atoms with Crippen LogP contribution in [0.15, 0.2) is 47.6 Å². The first-order valence-electron chi connectivity index (χ1n) is 8.00. The molecule has 2 aromatic rings. The van der Waals surface area contributed by atoms with Gasteiger partial charge < -0.3 is 0 Å². The second-order valence-electron chi connectivity index (χ2n) is 4.82. The zero-order valence-electron chi connectivity index (χ0n) is 15.2. The van der Waals surface area contributed by atoms with Gasteiger partial charge in [0.05, 0.1) is 5.56 Å². The lowest BCUT2D eigenvalue weighted by atomic mass is 10.1. The number of aromatic nitrogens is 1. The van der Waals surface area contributed by atoms with Crippen LogP contribution in [0.25, 0.3) is 0 Å². The highest BCUT2D eigenvalue weighted by Gasteiger charge is 2.47. The Labute approximate surface area is 151 Å². The van der Waals surface area contributed by atoms with Crippen LogP contribution < -0.4 is 0 Å². The van der Waals surface area contributed by atoms with Crippen molar-refractivity contribution in [3.8, 4) is 6.07 Å². The molecule has 132 valence electrons. The van der Waals surface area contributed by atoms with Gasteiger partial charge in [0.25, 0.3) is 0 Å². The van der Waals surface area contributed by atoms with Crippen LogP contribution in [0.5, 0.6) is 0 Å². The molecule has 0 aliphatic rings. The average molecular weight is 393 g/mol. The number of alkyl halides is 3. The number of rotatable bonds is 4. The lowest BCUT2D eigenvalue weighted by molar-refractivity contribution is -0.171. The lowest BCUT2D eigenvalue weighted by Crippen LogP contribution is -2.39. The van der Waals surface area contributed by atoms with Crippen LogP contribution >= 0.6 is 11.6 Å². The summed E-state index contributed by atoms with van der Waals surface area (Å²) in [6.07, 6.45) is -3.61. The Hall–Kier alpha value is -2.15. The molecule has 1 aromatic carbocycles. The molecule has 2 rings (SSSR count). The molecule has 0 saturated carbocycles. The van der Waals surface area contributed by atoms with Crippen LogP contribution in [0.3, 0.4) is 0 Å². The van der Waals surface area contributed by atoms with Crippen molar-refractivity contribution in [2.45, 2.75) is 17.1 Å². The van der Waals surface area contributed by atoms with E-state index in [1.165, 1.54) is 0 Å². The van der Waals surface area contributed by atoms with Gasteiger partial charge in [-0.15, -0.1) is 0 Å². The van der Waals surface area contributed by atoms with Crippen LogP contribution in [0.1, 0.15) is 21.3 Å². The third kappa shape index (κ3) is 4.10. The molecule has 0 aliphatic carbocycles. The third-order valence-corrected chi connectivity index (χ3v) is 4.93. The minimum atomic E-state index is -5.27. The minimum absolute atomic E-state index is 0.0823. The Morgan fingerprint density at radius 2 is 1.96 bits per heavy atom. The number of hydrogen-bond donors (Lipinski definition) is 0. The molecule has 0 bridgehead atoms. The van der Waals surface area contributed by atoms with Gasteiger partial charge in [-0.3, -0.25) is 4.98 Å². The van der Waals surface area contributed by atoms with Crippen molar-refractivity contribution >= 4 is 21.6 Å². The molecule has 0 radical (unpaired) electrons. The first-order valence-corrected chi connectivity index (χ1v) is 8.32. The van der Waals surface area contributed by atoms with E-state index in [1.807, 2.05) is 0 Å². The molecule has 1 atom stereocenters. The largest absolute Gasteiger partial charge is 0.409 e. The summed E-state index contributed by atoms with van der Waals surface area (Å²) in [5, 5.41) is 8.95. The first kappa shape index (κ1) is 15.1. The average Bonchev–Trinajstić information content (AvgIpc) is 2.58. The Morgan fingerprint density at radius 1 is 1.32 bits per heavy atom. The highest BCUT2D eigenvalue weighted by molar-refractivity contribution is 7.89. The van der Waals surface area contributed by atoms with Gasteiger partial charge in [-0.25, -0.2) is 8.42 Å². The fourth-order valence-corrected chi connectivity index (χ4v) is 3.32. The Morgan fingerprint density at radius 3 is 2.48 bits per heavy atom. The van der Waals surface area contributed by atoms with Crippen molar-refractivity contribution in [3.05, 3.63) is 58.9 Å². The lowest BCUT2D eigenvalue weighted by Gasteiger charge is -2.29. The zero-order valence-corrected chi connectivity index (χ0v) is 13.8. The van der Waals surface area contributed by atoms with Gasteiger partial charge in [0.2, 0.25) is 10.0 Å². The normalized spacial score (nSPS) is 15.8. The smallest absolute Gasteiger partial charge is 0.262 e. The van der Waals surface area contributed by atoms with Gasteiger partial charge in [0, 0.05) is 28.5 Å².